The van der Waals surface area contributed by atoms with Crippen molar-refractivity contribution >= 4 is 28.8 Å². The van der Waals surface area contributed by atoms with Gasteiger partial charge in [0, 0.05) is 30.8 Å². The van der Waals surface area contributed by atoms with Gasteiger partial charge in [0.1, 0.15) is 5.84 Å². The molecule has 4 nitrogen and oxygen atoms in total. The molecule has 0 aliphatic heterocycles. The van der Waals surface area contributed by atoms with Crippen LogP contribution in [0.25, 0.3) is 0 Å². The Hall–Kier alpha value is -3.40. The molecule has 4 heteroatoms. The van der Waals surface area contributed by atoms with Crippen molar-refractivity contribution in [3.05, 3.63) is 91.0 Å². The van der Waals surface area contributed by atoms with Crippen molar-refractivity contribution in [2.75, 3.05) is 16.8 Å². The summed E-state index contributed by atoms with van der Waals surface area (Å²) >= 11 is 0. The second kappa shape index (κ2) is 9.51. The van der Waals surface area contributed by atoms with Gasteiger partial charge in [-0.05, 0) is 36.4 Å². The number of nitrogens with one attached hydrogen (secondary N) is 1. The predicted molar refractivity (Wildman–Crippen MR) is 117 cm³/mol. The van der Waals surface area contributed by atoms with Crippen LogP contribution in [0.15, 0.2) is 96.0 Å². The molecule has 0 radical (unpaired) electrons. The summed E-state index contributed by atoms with van der Waals surface area (Å²) in [7, 11) is 0. The van der Waals surface area contributed by atoms with Crippen molar-refractivity contribution < 1.29 is 4.79 Å². The third-order valence-electron chi connectivity index (χ3n) is 4.42. The van der Waals surface area contributed by atoms with Crippen molar-refractivity contribution in [3.8, 4) is 0 Å². The third-order valence-corrected chi connectivity index (χ3v) is 4.42. The highest BCUT2D eigenvalue weighted by Gasteiger charge is 2.19. The Morgan fingerprint density at radius 3 is 2.00 bits per heavy atom. The molecule has 1 amide bonds. The second-order valence-corrected chi connectivity index (χ2v) is 6.69. The monoisotopic (exact) mass is 371 g/mol. The number of hydrogen-bond donors (Lipinski definition) is 1. The van der Waals surface area contributed by atoms with Gasteiger partial charge in [-0.2, -0.15) is 0 Å². The van der Waals surface area contributed by atoms with Gasteiger partial charge in [-0.25, -0.2) is 4.99 Å². The number of rotatable bonds is 6. The standard InChI is InChI=1S/C24H25N3O/c1-19(18-27(20(2)28)23-16-10-5-11-17-23)24(25-21-12-6-3-7-13-21)26-22-14-8-4-9-15-22/h3-17,19H,18H2,1-2H3,(H,25,26)/t19-/m1/s1. The summed E-state index contributed by atoms with van der Waals surface area (Å²) in [5.41, 5.74) is 2.74. The van der Waals surface area contributed by atoms with Crippen LogP contribution in [0.2, 0.25) is 0 Å². The van der Waals surface area contributed by atoms with E-state index < -0.39 is 0 Å². The first-order valence-corrected chi connectivity index (χ1v) is 9.42. The number of para-hydroxylation sites is 3. The smallest absolute Gasteiger partial charge is 0.223 e. The average molecular weight is 371 g/mol. The minimum absolute atomic E-state index is 0.00418. The molecule has 3 rings (SSSR count). The minimum atomic E-state index is 0.00418. The van der Waals surface area contributed by atoms with Crippen molar-refractivity contribution in [1.29, 1.82) is 0 Å². The minimum Gasteiger partial charge on any atom is -0.343 e. The molecular weight excluding hydrogens is 346 g/mol. The summed E-state index contributed by atoms with van der Waals surface area (Å²) in [6.45, 7) is 4.21. The predicted octanol–water partition coefficient (Wildman–Crippen LogP) is 5.52. The van der Waals surface area contributed by atoms with E-state index in [1.807, 2.05) is 91.0 Å². The number of carbonyl (C=O) groups is 1. The third kappa shape index (κ3) is 5.30. The number of aliphatic imine (C=N–C) groups is 1. The van der Waals surface area contributed by atoms with E-state index in [1.54, 1.807) is 11.8 Å². The van der Waals surface area contributed by atoms with Gasteiger partial charge in [0.05, 0.1) is 5.69 Å². The normalized spacial score (nSPS) is 12.3. The fourth-order valence-electron chi connectivity index (χ4n) is 2.96. The maximum absolute atomic E-state index is 12.3. The van der Waals surface area contributed by atoms with E-state index >= 15 is 0 Å². The van der Waals surface area contributed by atoms with E-state index in [0.29, 0.717) is 6.54 Å². The summed E-state index contributed by atoms with van der Waals surface area (Å²) in [6.07, 6.45) is 0. The van der Waals surface area contributed by atoms with Crippen molar-refractivity contribution in [3.63, 3.8) is 0 Å². The van der Waals surface area contributed by atoms with E-state index in [1.165, 1.54) is 0 Å². The van der Waals surface area contributed by atoms with Gasteiger partial charge in [-0.15, -0.1) is 0 Å². The van der Waals surface area contributed by atoms with E-state index in [0.717, 1.165) is 22.9 Å². The van der Waals surface area contributed by atoms with Crippen LogP contribution in [0.3, 0.4) is 0 Å². The molecule has 3 aromatic carbocycles. The molecule has 0 bridgehead atoms. The number of amides is 1. The lowest BCUT2D eigenvalue weighted by molar-refractivity contribution is -0.116. The van der Waals surface area contributed by atoms with Crippen molar-refractivity contribution in [1.82, 2.24) is 0 Å². The van der Waals surface area contributed by atoms with E-state index in [2.05, 4.69) is 12.2 Å². The molecule has 3 aromatic rings. The largest absolute Gasteiger partial charge is 0.343 e. The van der Waals surface area contributed by atoms with Crippen LogP contribution < -0.4 is 10.2 Å². The summed E-state index contributed by atoms with van der Waals surface area (Å²) in [5, 5.41) is 3.44. The van der Waals surface area contributed by atoms with Crippen LogP contribution >= 0.6 is 0 Å². The highest BCUT2D eigenvalue weighted by Crippen LogP contribution is 2.19. The number of nitrogens with zero attached hydrogens (tertiary/aromatic N) is 2. The van der Waals surface area contributed by atoms with Gasteiger partial charge in [-0.1, -0.05) is 61.5 Å². The first kappa shape index (κ1) is 19.4. The van der Waals surface area contributed by atoms with Gasteiger partial charge in [-0.3, -0.25) is 4.79 Å². The van der Waals surface area contributed by atoms with Gasteiger partial charge in [0.2, 0.25) is 5.91 Å². The van der Waals surface area contributed by atoms with Gasteiger partial charge < -0.3 is 10.2 Å². The number of anilines is 2. The molecule has 0 aliphatic carbocycles. The molecule has 0 aromatic heterocycles. The fraction of sp³-hybridized carbons (Fsp3) is 0.167. The average Bonchev–Trinajstić information content (AvgIpc) is 2.73. The van der Waals surface area contributed by atoms with Gasteiger partial charge >= 0.3 is 0 Å². The van der Waals surface area contributed by atoms with Crippen molar-refractivity contribution in [2.24, 2.45) is 10.9 Å². The summed E-state index contributed by atoms with van der Waals surface area (Å²) in [5.74, 6) is 0.834. The van der Waals surface area contributed by atoms with Crippen LogP contribution in [-0.4, -0.2) is 18.3 Å². The molecule has 0 aliphatic rings. The number of hydrogen-bond acceptors (Lipinski definition) is 2. The molecule has 0 saturated carbocycles. The maximum Gasteiger partial charge on any atom is 0.223 e. The van der Waals surface area contributed by atoms with E-state index in [4.69, 9.17) is 4.99 Å². The highest BCUT2D eigenvalue weighted by molar-refractivity contribution is 6.00. The zero-order valence-electron chi connectivity index (χ0n) is 16.2. The molecule has 0 saturated heterocycles. The lowest BCUT2D eigenvalue weighted by atomic mass is 10.1. The molecule has 0 spiro atoms. The Labute approximate surface area is 166 Å². The van der Waals surface area contributed by atoms with Gasteiger partial charge in [0.25, 0.3) is 0 Å². The van der Waals surface area contributed by atoms with Crippen molar-refractivity contribution in [2.45, 2.75) is 13.8 Å². The Kier molecular flexibility index (Phi) is 6.58. The van der Waals surface area contributed by atoms with Crippen LogP contribution in [0.1, 0.15) is 13.8 Å². The molecule has 0 heterocycles. The lowest BCUT2D eigenvalue weighted by Crippen LogP contribution is -2.37. The first-order valence-electron chi connectivity index (χ1n) is 9.42. The molecule has 1 atom stereocenters. The maximum atomic E-state index is 12.3. The quantitative estimate of drug-likeness (QED) is 0.458. The highest BCUT2D eigenvalue weighted by atomic mass is 16.2. The first-order chi connectivity index (χ1) is 13.6. The summed E-state index contributed by atoms with van der Waals surface area (Å²) in [4.78, 5) is 18.9. The number of carbonyl (C=O) groups excluding carboxylic acids is 1. The SMILES string of the molecule is CC(=O)N(C[C@@H](C)C(=Nc1ccccc1)Nc1ccccc1)c1ccccc1. The van der Waals surface area contributed by atoms with E-state index in [-0.39, 0.29) is 11.8 Å². The molecule has 1 N–H and O–H groups in total. The van der Waals surface area contributed by atoms with Crippen LogP contribution in [0.5, 0.6) is 0 Å². The second-order valence-electron chi connectivity index (χ2n) is 6.69. The van der Waals surface area contributed by atoms with E-state index in [9.17, 15) is 4.79 Å². The van der Waals surface area contributed by atoms with Crippen LogP contribution in [0.4, 0.5) is 17.1 Å². The zero-order valence-corrected chi connectivity index (χ0v) is 16.2. The number of benzene rings is 3. The van der Waals surface area contributed by atoms with Gasteiger partial charge in [0.15, 0.2) is 0 Å². The topological polar surface area (TPSA) is 44.7 Å². The summed E-state index contributed by atoms with van der Waals surface area (Å²) < 4.78 is 0. The molecule has 0 fully saturated rings. The zero-order chi connectivity index (χ0) is 19.8. The Morgan fingerprint density at radius 2 is 1.43 bits per heavy atom. The van der Waals surface area contributed by atoms with Crippen LogP contribution in [0, 0.1) is 5.92 Å². The van der Waals surface area contributed by atoms with Crippen LogP contribution in [-0.2, 0) is 4.79 Å². The number of amidine groups is 1. The molecule has 28 heavy (non-hydrogen) atoms. The Bertz CT molecular complexity index is 908. The summed E-state index contributed by atoms with van der Waals surface area (Å²) in [6, 6.07) is 29.6. The molecular formula is C24H25N3O. The molecule has 0 unspecified atom stereocenters. The Morgan fingerprint density at radius 1 is 0.893 bits per heavy atom. The fourth-order valence-corrected chi connectivity index (χ4v) is 2.96. The Balaban J connectivity index is 1.88. The molecule has 142 valence electrons. The lowest BCUT2D eigenvalue weighted by Gasteiger charge is -2.26.